The lowest BCUT2D eigenvalue weighted by Gasteiger charge is -2.05. The van der Waals surface area contributed by atoms with E-state index < -0.39 is 0 Å². The number of thiazole rings is 1. The number of aromatic nitrogens is 1. The van der Waals surface area contributed by atoms with E-state index in [0.29, 0.717) is 13.2 Å². The van der Waals surface area contributed by atoms with Crippen molar-refractivity contribution in [1.82, 2.24) is 4.98 Å². The minimum Gasteiger partial charge on any atom is -0.486 e. The summed E-state index contributed by atoms with van der Waals surface area (Å²) in [6, 6.07) is 14.3. The smallest absolute Gasteiger partial charge is 0.140 e. The van der Waals surface area contributed by atoms with Gasteiger partial charge in [0.1, 0.15) is 17.4 Å². The van der Waals surface area contributed by atoms with E-state index in [1.807, 2.05) is 29.6 Å². The molecule has 0 amide bonds. The number of ether oxygens (including phenoxy) is 1. The Morgan fingerprint density at radius 3 is 2.74 bits per heavy atom. The molecule has 0 radical (unpaired) electrons. The van der Waals surface area contributed by atoms with Gasteiger partial charge in [0.25, 0.3) is 0 Å². The molecule has 0 saturated carbocycles. The Morgan fingerprint density at radius 1 is 1.11 bits per heavy atom. The number of nitrogens with two attached hydrogens (primary N) is 1. The molecule has 96 valence electrons. The summed E-state index contributed by atoms with van der Waals surface area (Å²) in [7, 11) is 0. The summed E-state index contributed by atoms with van der Waals surface area (Å²) in [4.78, 5) is 4.37. The molecule has 0 unspecified atom stereocenters. The predicted molar refractivity (Wildman–Crippen MR) is 78.3 cm³/mol. The maximum Gasteiger partial charge on any atom is 0.140 e. The first-order chi connectivity index (χ1) is 9.35. The summed E-state index contributed by atoms with van der Waals surface area (Å²) < 4.78 is 5.77. The van der Waals surface area contributed by atoms with Crippen LogP contribution in [0.15, 0.2) is 47.8 Å². The highest BCUT2D eigenvalue weighted by Crippen LogP contribution is 2.21. The van der Waals surface area contributed by atoms with Crippen molar-refractivity contribution < 1.29 is 4.74 Å². The second-order valence-electron chi connectivity index (χ2n) is 4.23. The lowest BCUT2D eigenvalue weighted by molar-refractivity contribution is 0.306. The fraction of sp³-hybridized carbons (Fsp3) is 0.133. The quantitative estimate of drug-likeness (QED) is 0.791. The van der Waals surface area contributed by atoms with Gasteiger partial charge in [0.05, 0.1) is 5.69 Å². The Kier molecular flexibility index (Phi) is 3.44. The van der Waals surface area contributed by atoms with E-state index in [1.165, 1.54) is 10.8 Å². The van der Waals surface area contributed by atoms with Crippen LogP contribution in [0.1, 0.15) is 10.7 Å². The van der Waals surface area contributed by atoms with Crippen LogP contribution in [-0.2, 0) is 13.2 Å². The van der Waals surface area contributed by atoms with Gasteiger partial charge >= 0.3 is 0 Å². The highest BCUT2D eigenvalue weighted by Gasteiger charge is 2.02. The van der Waals surface area contributed by atoms with Gasteiger partial charge in [-0.2, -0.15) is 0 Å². The summed E-state index contributed by atoms with van der Waals surface area (Å²) in [6.07, 6.45) is 0. The first-order valence-corrected chi connectivity index (χ1v) is 6.98. The largest absolute Gasteiger partial charge is 0.486 e. The predicted octanol–water partition coefficient (Wildman–Crippen LogP) is 3.33. The maximum atomic E-state index is 5.77. The molecule has 0 fully saturated rings. The molecule has 3 nitrogen and oxygen atoms in total. The fourth-order valence-electron chi connectivity index (χ4n) is 1.91. The first-order valence-electron chi connectivity index (χ1n) is 6.10. The van der Waals surface area contributed by atoms with Gasteiger partial charge in [-0.15, -0.1) is 11.3 Å². The summed E-state index contributed by atoms with van der Waals surface area (Å²) in [6.45, 7) is 0.968. The molecule has 0 aliphatic carbocycles. The molecule has 3 rings (SSSR count). The Hall–Kier alpha value is -1.91. The fourth-order valence-corrected chi connectivity index (χ4v) is 2.63. The Morgan fingerprint density at radius 2 is 1.95 bits per heavy atom. The van der Waals surface area contributed by atoms with Crippen molar-refractivity contribution in [2.75, 3.05) is 0 Å². The van der Waals surface area contributed by atoms with E-state index in [9.17, 15) is 0 Å². The number of rotatable bonds is 4. The molecule has 1 heterocycles. The zero-order valence-corrected chi connectivity index (χ0v) is 11.2. The monoisotopic (exact) mass is 270 g/mol. The lowest BCUT2D eigenvalue weighted by Crippen LogP contribution is -1.98. The van der Waals surface area contributed by atoms with E-state index in [2.05, 4.69) is 23.2 Å². The molecule has 0 atom stereocenters. The lowest BCUT2D eigenvalue weighted by atomic mass is 10.1. The van der Waals surface area contributed by atoms with Crippen LogP contribution in [0.2, 0.25) is 0 Å². The third kappa shape index (κ3) is 2.75. The average molecular weight is 270 g/mol. The topological polar surface area (TPSA) is 48.1 Å². The van der Waals surface area contributed by atoms with Gasteiger partial charge < -0.3 is 10.5 Å². The molecule has 2 N–H and O–H groups in total. The van der Waals surface area contributed by atoms with Crippen molar-refractivity contribution >= 4 is 22.1 Å². The van der Waals surface area contributed by atoms with Crippen LogP contribution in [0, 0.1) is 0 Å². The van der Waals surface area contributed by atoms with Crippen LogP contribution in [-0.4, -0.2) is 4.98 Å². The molecular weight excluding hydrogens is 256 g/mol. The number of nitrogens with zero attached hydrogens (tertiary/aromatic N) is 1. The number of hydrogen-bond donors (Lipinski definition) is 1. The molecule has 0 saturated heterocycles. The standard InChI is InChI=1S/C15H14N2OS/c16-8-13-10-19-15(17-13)9-18-14-6-5-11-3-1-2-4-12(11)7-14/h1-7,10H,8-9,16H2. The average Bonchev–Trinajstić information content (AvgIpc) is 2.93. The Labute approximate surface area is 115 Å². The zero-order chi connectivity index (χ0) is 13.1. The van der Waals surface area contributed by atoms with Gasteiger partial charge in [0.15, 0.2) is 0 Å². The minimum atomic E-state index is 0.479. The summed E-state index contributed by atoms with van der Waals surface area (Å²) in [5, 5.41) is 5.32. The van der Waals surface area contributed by atoms with Crippen molar-refractivity contribution in [1.29, 1.82) is 0 Å². The van der Waals surface area contributed by atoms with E-state index >= 15 is 0 Å². The van der Waals surface area contributed by atoms with Crippen molar-refractivity contribution in [3.05, 3.63) is 58.5 Å². The Bertz CT molecular complexity index is 693. The van der Waals surface area contributed by atoms with Gasteiger partial charge in [-0.25, -0.2) is 4.98 Å². The van der Waals surface area contributed by atoms with Gasteiger partial charge in [-0.3, -0.25) is 0 Å². The van der Waals surface area contributed by atoms with Crippen molar-refractivity contribution in [2.24, 2.45) is 5.73 Å². The second-order valence-corrected chi connectivity index (χ2v) is 5.18. The van der Waals surface area contributed by atoms with Crippen molar-refractivity contribution in [3.63, 3.8) is 0 Å². The molecule has 0 aliphatic rings. The van der Waals surface area contributed by atoms with E-state index in [-0.39, 0.29) is 0 Å². The van der Waals surface area contributed by atoms with Gasteiger partial charge in [0.2, 0.25) is 0 Å². The molecule has 1 aromatic heterocycles. The first kappa shape index (κ1) is 12.1. The van der Waals surface area contributed by atoms with Crippen molar-refractivity contribution in [2.45, 2.75) is 13.2 Å². The normalized spacial score (nSPS) is 10.8. The van der Waals surface area contributed by atoms with Crippen molar-refractivity contribution in [3.8, 4) is 5.75 Å². The van der Waals surface area contributed by atoms with Crippen LogP contribution in [0.3, 0.4) is 0 Å². The summed E-state index contributed by atoms with van der Waals surface area (Å²) in [5.74, 6) is 0.864. The summed E-state index contributed by atoms with van der Waals surface area (Å²) in [5.41, 5.74) is 6.45. The maximum absolute atomic E-state index is 5.77. The van der Waals surface area contributed by atoms with Gasteiger partial charge in [-0.1, -0.05) is 30.3 Å². The van der Waals surface area contributed by atoms with E-state index in [1.54, 1.807) is 11.3 Å². The van der Waals surface area contributed by atoms with Gasteiger partial charge in [-0.05, 0) is 22.9 Å². The number of fused-ring (bicyclic) bond motifs is 1. The molecule has 3 aromatic rings. The SMILES string of the molecule is NCc1csc(COc2ccc3ccccc3c2)n1. The third-order valence-corrected chi connectivity index (χ3v) is 3.76. The molecule has 19 heavy (non-hydrogen) atoms. The minimum absolute atomic E-state index is 0.479. The van der Waals surface area contributed by atoms with Gasteiger partial charge in [0, 0.05) is 11.9 Å². The van der Waals surface area contributed by atoms with E-state index in [0.717, 1.165) is 16.5 Å². The van der Waals surface area contributed by atoms with Crippen LogP contribution < -0.4 is 10.5 Å². The number of benzene rings is 2. The highest BCUT2D eigenvalue weighted by atomic mass is 32.1. The van der Waals surface area contributed by atoms with Crippen LogP contribution >= 0.6 is 11.3 Å². The summed E-state index contributed by atoms with van der Waals surface area (Å²) >= 11 is 1.58. The third-order valence-electron chi connectivity index (χ3n) is 2.89. The van der Waals surface area contributed by atoms with Crippen LogP contribution in [0.4, 0.5) is 0 Å². The molecular formula is C15H14N2OS. The molecule has 4 heteroatoms. The molecule has 0 aliphatic heterocycles. The number of hydrogen-bond acceptors (Lipinski definition) is 4. The second kappa shape index (κ2) is 5.38. The molecule has 0 bridgehead atoms. The van der Waals surface area contributed by atoms with E-state index in [4.69, 9.17) is 10.5 Å². The van der Waals surface area contributed by atoms with Crippen LogP contribution in [0.25, 0.3) is 10.8 Å². The Balaban J connectivity index is 1.74. The zero-order valence-electron chi connectivity index (χ0n) is 10.4. The molecule has 2 aromatic carbocycles. The van der Waals surface area contributed by atoms with Crippen LogP contribution in [0.5, 0.6) is 5.75 Å². The molecule has 0 spiro atoms. The highest BCUT2D eigenvalue weighted by molar-refractivity contribution is 7.09.